The second kappa shape index (κ2) is 9.04. The molecule has 2 fully saturated rings. The molecule has 4 heterocycles. The Hall–Kier alpha value is -2.70. The van der Waals surface area contributed by atoms with E-state index >= 15 is 0 Å². The Balaban J connectivity index is 1.47. The molecule has 0 saturated carbocycles. The first-order valence-electron chi connectivity index (χ1n) is 10.5. The average Bonchev–Trinajstić information content (AvgIpc) is 3.34. The van der Waals surface area contributed by atoms with E-state index in [0.717, 1.165) is 23.6 Å². The van der Waals surface area contributed by atoms with Gasteiger partial charge in [-0.05, 0) is 0 Å². The molecule has 0 bridgehead atoms. The summed E-state index contributed by atoms with van der Waals surface area (Å²) in [6, 6.07) is -0.369. The van der Waals surface area contributed by atoms with Crippen molar-refractivity contribution in [1.82, 2.24) is 19.8 Å². The van der Waals surface area contributed by atoms with Crippen LogP contribution in [-0.2, 0) is 9.53 Å². The summed E-state index contributed by atoms with van der Waals surface area (Å²) in [7, 11) is 4.84. The molecule has 0 aliphatic carbocycles. The molecule has 0 spiro atoms. The third kappa shape index (κ3) is 4.30. The quantitative estimate of drug-likeness (QED) is 0.649. The number of nitrogens with zero attached hydrogens (tertiary/aromatic N) is 5. The molecule has 4 rings (SSSR count). The molecule has 2 N–H and O–H groups in total. The van der Waals surface area contributed by atoms with Gasteiger partial charge in [-0.25, -0.2) is 14.8 Å². The van der Waals surface area contributed by atoms with E-state index in [4.69, 9.17) is 9.47 Å². The molecule has 12 heteroatoms. The highest BCUT2D eigenvalue weighted by Crippen LogP contribution is 2.38. The summed E-state index contributed by atoms with van der Waals surface area (Å²) in [5.74, 6) is 1.03. The molecular formula is C20H28N6O5S. The first-order chi connectivity index (χ1) is 15.3. The third-order valence-corrected chi connectivity index (χ3v) is 6.89. The summed E-state index contributed by atoms with van der Waals surface area (Å²) in [6.07, 6.45) is 2.19. The van der Waals surface area contributed by atoms with E-state index < -0.39 is 5.60 Å². The second-order valence-electron chi connectivity index (χ2n) is 8.06. The number of hydrogen-bond donors (Lipinski definition) is 2. The van der Waals surface area contributed by atoms with Crippen LogP contribution in [0, 0.1) is 0 Å². The Morgan fingerprint density at radius 1 is 1.41 bits per heavy atom. The topological polar surface area (TPSA) is 120 Å². The SMILES string of the molecule is COc1cnc(N2CCOCC2)c2sc(NC(=O)N(C)CCC3(O)CCN(C)C3=O)nc12. The predicted octanol–water partition coefficient (Wildman–Crippen LogP) is 0.984. The molecule has 32 heavy (non-hydrogen) atoms. The Morgan fingerprint density at radius 3 is 2.81 bits per heavy atom. The van der Waals surface area contributed by atoms with Crippen molar-refractivity contribution in [2.45, 2.75) is 18.4 Å². The molecule has 0 aromatic carbocycles. The number of fused-ring (bicyclic) bond motifs is 1. The summed E-state index contributed by atoms with van der Waals surface area (Å²) in [5.41, 5.74) is -0.772. The lowest BCUT2D eigenvalue weighted by atomic mass is 9.98. The average molecular weight is 465 g/mol. The molecule has 2 saturated heterocycles. The Labute approximate surface area is 189 Å². The number of ether oxygens (including phenoxy) is 2. The van der Waals surface area contributed by atoms with E-state index in [1.807, 2.05) is 0 Å². The van der Waals surface area contributed by atoms with Crippen LogP contribution >= 0.6 is 11.3 Å². The lowest BCUT2D eigenvalue weighted by Crippen LogP contribution is -2.42. The monoisotopic (exact) mass is 464 g/mol. The highest BCUT2D eigenvalue weighted by atomic mass is 32.1. The molecular weight excluding hydrogens is 436 g/mol. The fraction of sp³-hybridized carbons (Fsp3) is 0.600. The lowest BCUT2D eigenvalue weighted by Gasteiger charge is -2.28. The van der Waals surface area contributed by atoms with E-state index in [2.05, 4.69) is 20.2 Å². The number of nitrogens with one attached hydrogen (secondary N) is 1. The summed E-state index contributed by atoms with van der Waals surface area (Å²) in [6.45, 7) is 3.47. The number of carbonyl (C=O) groups excluding carboxylic acids is 2. The van der Waals surface area contributed by atoms with Crippen LogP contribution in [0.5, 0.6) is 5.75 Å². The van der Waals surface area contributed by atoms with E-state index in [1.54, 1.807) is 27.4 Å². The summed E-state index contributed by atoms with van der Waals surface area (Å²) in [4.78, 5) is 39.1. The fourth-order valence-electron chi connectivity index (χ4n) is 3.87. The normalized spacial score (nSPS) is 21.3. The number of morpholine rings is 1. The Morgan fingerprint density at radius 2 is 2.16 bits per heavy atom. The molecule has 2 aromatic rings. The van der Waals surface area contributed by atoms with Gasteiger partial charge in [0.25, 0.3) is 5.91 Å². The maximum absolute atomic E-state index is 12.7. The van der Waals surface area contributed by atoms with Gasteiger partial charge in [0.2, 0.25) is 0 Å². The van der Waals surface area contributed by atoms with Crippen molar-refractivity contribution in [3.8, 4) is 5.75 Å². The van der Waals surface area contributed by atoms with Gasteiger partial charge in [-0.3, -0.25) is 10.1 Å². The minimum absolute atomic E-state index is 0.179. The van der Waals surface area contributed by atoms with Crippen LogP contribution in [-0.4, -0.2) is 103 Å². The van der Waals surface area contributed by atoms with Crippen molar-refractivity contribution < 1.29 is 24.2 Å². The molecule has 0 radical (unpaired) electrons. The van der Waals surface area contributed by atoms with Crippen molar-refractivity contribution in [1.29, 1.82) is 0 Å². The predicted molar refractivity (Wildman–Crippen MR) is 120 cm³/mol. The van der Waals surface area contributed by atoms with Gasteiger partial charge in [0.15, 0.2) is 10.9 Å². The number of urea groups is 1. The summed E-state index contributed by atoms with van der Waals surface area (Å²) in [5, 5.41) is 13.8. The standard InChI is InChI=1S/C20H28N6O5S/c1-24-6-4-20(29,17(24)27)5-7-25(2)19(28)23-18-22-14-13(30-3)12-21-16(15(14)32-18)26-8-10-31-11-9-26/h12,29H,4-11H2,1-3H3,(H,22,23,28). The van der Waals surface area contributed by atoms with Gasteiger partial charge in [-0.1, -0.05) is 11.3 Å². The number of likely N-dealkylation sites (N-methyl/N-ethyl adjacent to an activating group) is 1. The first kappa shape index (κ1) is 22.5. The van der Waals surface area contributed by atoms with Crippen LogP contribution in [0.25, 0.3) is 10.2 Å². The van der Waals surface area contributed by atoms with Gasteiger partial charge in [-0.15, -0.1) is 0 Å². The van der Waals surface area contributed by atoms with Crippen LogP contribution in [0.4, 0.5) is 15.7 Å². The van der Waals surface area contributed by atoms with E-state index in [9.17, 15) is 14.7 Å². The number of pyridine rings is 1. The van der Waals surface area contributed by atoms with Gasteiger partial charge in [0.05, 0.1) is 26.5 Å². The number of rotatable bonds is 6. The van der Waals surface area contributed by atoms with Gasteiger partial charge in [0.1, 0.15) is 21.6 Å². The molecule has 11 nitrogen and oxygen atoms in total. The number of likely N-dealkylation sites (tertiary alicyclic amines) is 1. The van der Waals surface area contributed by atoms with Gasteiger partial charge < -0.3 is 29.3 Å². The van der Waals surface area contributed by atoms with E-state index in [0.29, 0.717) is 42.6 Å². The summed E-state index contributed by atoms with van der Waals surface area (Å²) < 4.78 is 11.7. The van der Waals surface area contributed by atoms with Crippen molar-refractivity contribution in [2.24, 2.45) is 0 Å². The largest absolute Gasteiger partial charge is 0.493 e. The molecule has 2 aliphatic heterocycles. The van der Waals surface area contributed by atoms with Crippen molar-refractivity contribution >= 4 is 44.4 Å². The highest BCUT2D eigenvalue weighted by molar-refractivity contribution is 7.23. The molecule has 174 valence electrons. The summed E-state index contributed by atoms with van der Waals surface area (Å²) >= 11 is 1.33. The number of methoxy groups -OCH3 is 1. The van der Waals surface area contributed by atoms with Crippen LogP contribution in [0.3, 0.4) is 0 Å². The van der Waals surface area contributed by atoms with Crippen LogP contribution in [0.2, 0.25) is 0 Å². The molecule has 3 amide bonds. The number of thiazole rings is 1. The molecule has 1 atom stereocenters. The maximum atomic E-state index is 12.7. The lowest BCUT2D eigenvalue weighted by molar-refractivity contribution is -0.142. The Bertz CT molecular complexity index is 1010. The molecule has 2 aromatic heterocycles. The second-order valence-corrected chi connectivity index (χ2v) is 9.06. The highest BCUT2D eigenvalue weighted by Gasteiger charge is 2.43. The molecule has 2 aliphatic rings. The minimum Gasteiger partial charge on any atom is -0.493 e. The number of aromatic nitrogens is 2. The van der Waals surface area contributed by atoms with Gasteiger partial charge >= 0.3 is 6.03 Å². The van der Waals surface area contributed by atoms with Crippen molar-refractivity contribution in [2.75, 3.05) is 70.8 Å². The number of aliphatic hydroxyl groups is 1. The molecule has 1 unspecified atom stereocenters. The number of carbonyl (C=O) groups is 2. The van der Waals surface area contributed by atoms with Crippen LogP contribution in [0.1, 0.15) is 12.8 Å². The van der Waals surface area contributed by atoms with Crippen LogP contribution in [0.15, 0.2) is 6.20 Å². The van der Waals surface area contributed by atoms with Gasteiger partial charge in [-0.2, -0.15) is 0 Å². The smallest absolute Gasteiger partial charge is 0.323 e. The first-order valence-corrected chi connectivity index (χ1v) is 11.3. The zero-order chi connectivity index (χ0) is 22.9. The minimum atomic E-state index is -1.41. The zero-order valence-corrected chi connectivity index (χ0v) is 19.3. The number of hydrogen-bond acceptors (Lipinski definition) is 9. The van der Waals surface area contributed by atoms with Gasteiger partial charge in [0, 0.05) is 53.1 Å². The number of amides is 3. The van der Waals surface area contributed by atoms with E-state index in [-0.39, 0.29) is 24.9 Å². The van der Waals surface area contributed by atoms with E-state index in [1.165, 1.54) is 21.1 Å². The third-order valence-electron chi connectivity index (χ3n) is 5.93. The number of anilines is 2. The van der Waals surface area contributed by atoms with Crippen LogP contribution < -0.4 is 15.0 Å². The zero-order valence-electron chi connectivity index (χ0n) is 18.5. The van der Waals surface area contributed by atoms with Crippen molar-refractivity contribution in [3.63, 3.8) is 0 Å². The van der Waals surface area contributed by atoms with Crippen molar-refractivity contribution in [3.05, 3.63) is 6.20 Å². The fourth-order valence-corrected chi connectivity index (χ4v) is 4.86. The maximum Gasteiger partial charge on any atom is 0.323 e. The Kier molecular flexibility index (Phi) is 6.35.